The van der Waals surface area contributed by atoms with Crippen molar-refractivity contribution >= 4 is 59.0 Å². The normalized spacial score (nSPS) is 14.8. The second-order valence-electron chi connectivity index (χ2n) is 11.5. The van der Waals surface area contributed by atoms with Crippen LogP contribution >= 0.6 is 12.6 Å². The molecule has 0 unspecified atom stereocenters. The molecule has 17 heteroatoms. The van der Waals surface area contributed by atoms with Crippen LogP contribution in [0.4, 0.5) is 0 Å². The van der Waals surface area contributed by atoms with E-state index in [0.717, 1.165) is 10.9 Å². The van der Waals surface area contributed by atoms with Gasteiger partial charge in [0.05, 0.1) is 6.10 Å². The number of aromatic amines is 1. The van der Waals surface area contributed by atoms with Crippen LogP contribution in [-0.2, 0) is 41.6 Å². The van der Waals surface area contributed by atoms with Crippen molar-refractivity contribution in [1.29, 1.82) is 0 Å². The second-order valence-corrected chi connectivity index (χ2v) is 11.8. The SMILES string of the molecule is C[C@@H](O)[C@H](N)C(=O)N[C@@H](Cc1c[nH]c2ccccc12)C(=O)N[C@@H](CCC(N)=O)C(=O)N[C@@H](CS)C(=O)N[C@@H](Cc1ccc(O)cc1)C(=O)O. The van der Waals surface area contributed by atoms with Crippen LogP contribution in [0.15, 0.2) is 54.7 Å². The van der Waals surface area contributed by atoms with Crippen molar-refractivity contribution in [1.82, 2.24) is 26.3 Å². The van der Waals surface area contributed by atoms with Gasteiger partial charge >= 0.3 is 5.97 Å². The number of hydrogen-bond acceptors (Lipinski definition) is 10. The van der Waals surface area contributed by atoms with Crippen molar-refractivity contribution in [3.63, 3.8) is 0 Å². The summed E-state index contributed by atoms with van der Waals surface area (Å²) in [5.41, 5.74) is 13.0. The third kappa shape index (κ3) is 11.2. The number of nitrogens with two attached hydrogens (primary N) is 2. The summed E-state index contributed by atoms with van der Waals surface area (Å²) in [4.78, 5) is 79.7. The van der Waals surface area contributed by atoms with Crippen molar-refractivity contribution in [3.8, 4) is 5.75 Å². The van der Waals surface area contributed by atoms with E-state index < -0.39 is 71.8 Å². The fourth-order valence-electron chi connectivity index (χ4n) is 4.85. The third-order valence-corrected chi connectivity index (χ3v) is 8.04. The fourth-order valence-corrected chi connectivity index (χ4v) is 5.11. The molecule has 0 aliphatic heterocycles. The lowest BCUT2D eigenvalue weighted by Gasteiger charge is -2.26. The highest BCUT2D eigenvalue weighted by Gasteiger charge is 2.32. The Balaban J connectivity index is 1.80. The van der Waals surface area contributed by atoms with Crippen LogP contribution in [0.3, 0.4) is 0 Å². The summed E-state index contributed by atoms with van der Waals surface area (Å²) in [6.45, 7) is 1.31. The smallest absolute Gasteiger partial charge is 0.326 e. The minimum atomic E-state index is -1.43. The molecule has 0 aliphatic carbocycles. The quantitative estimate of drug-likeness (QED) is 0.0690. The molecular formula is C32H41N7O9S. The molecule has 264 valence electrons. The molecule has 6 atom stereocenters. The van der Waals surface area contributed by atoms with Crippen molar-refractivity contribution in [3.05, 3.63) is 65.9 Å². The molecule has 1 heterocycles. The standard InChI is InChI=1S/C32H41N7O9S/c1-16(40)27(34)31(46)37-23(13-18-14-35-21-5-3-2-4-20(18)21)29(44)36-22(10-11-26(33)42)28(43)39-25(15-49)30(45)38-24(32(47)48)12-17-6-8-19(41)9-7-17/h2-9,14,16,22-25,27,35,40-41,49H,10-13,15,34H2,1H3,(H2,33,42)(H,36,44)(H,37,46)(H,38,45)(H,39,43)(H,47,48)/t16-,22+,23+,24+,25+,27+/m1/s1. The number of primary amides is 1. The molecular weight excluding hydrogens is 658 g/mol. The van der Waals surface area contributed by atoms with Crippen LogP contribution in [0.2, 0.25) is 0 Å². The second kappa shape index (κ2) is 17.9. The maximum atomic E-state index is 13.7. The maximum absolute atomic E-state index is 13.7. The summed E-state index contributed by atoms with van der Waals surface area (Å²) in [6, 6.07) is 6.08. The van der Waals surface area contributed by atoms with E-state index in [1.165, 1.54) is 31.2 Å². The molecule has 0 radical (unpaired) electrons. The Hall–Kier alpha value is -5.13. The number of H-pyrrole nitrogens is 1. The zero-order valence-electron chi connectivity index (χ0n) is 26.6. The molecule has 0 spiro atoms. The number of aliphatic hydroxyl groups excluding tert-OH is 1. The number of carboxylic acids is 1. The van der Waals surface area contributed by atoms with Gasteiger partial charge in [0.25, 0.3) is 0 Å². The van der Waals surface area contributed by atoms with E-state index in [1.807, 2.05) is 18.2 Å². The van der Waals surface area contributed by atoms with Gasteiger partial charge in [0.15, 0.2) is 0 Å². The highest BCUT2D eigenvalue weighted by atomic mass is 32.1. The van der Waals surface area contributed by atoms with Crippen molar-refractivity contribution in [2.75, 3.05) is 5.75 Å². The van der Waals surface area contributed by atoms with Gasteiger partial charge in [-0.3, -0.25) is 24.0 Å². The largest absolute Gasteiger partial charge is 0.508 e. The number of rotatable bonds is 18. The van der Waals surface area contributed by atoms with E-state index in [-0.39, 0.29) is 37.2 Å². The highest BCUT2D eigenvalue weighted by molar-refractivity contribution is 7.80. The number of carbonyl (C=O) groups is 6. The third-order valence-electron chi connectivity index (χ3n) is 7.67. The van der Waals surface area contributed by atoms with Gasteiger partial charge in [0.2, 0.25) is 29.5 Å². The molecule has 49 heavy (non-hydrogen) atoms. The highest BCUT2D eigenvalue weighted by Crippen LogP contribution is 2.19. The lowest BCUT2D eigenvalue weighted by molar-refractivity contribution is -0.142. The van der Waals surface area contributed by atoms with E-state index in [9.17, 15) is 44.1 Å². The Morgan fingerprint density at radius 2 is 1.39 bits per heavy atom. The molecule has 1 aromatic heterocycles. The van der Waals surface area contributed by atoms with Gasteiger partial charge in [-0.05, 0) is 42.7 Å². The van der Waals surface area contributed by atoms with Gasteiger partial charge in [-0.15, -0.1) is 0 Å². The average Bonchev–Trinajstić information content (AvgIpc) is 3.47. The Labute approximate surface area is 286 Å². The summed E-state index contributed by atoms with van der Waals surface area (Å²) in [5.74, 6) is -5.89. The Bertz CT molecular complexity index is 1650. The predicted octanol–water partition coefficient (Wildman–Crippen LogP) is -1.41. The maximum Gasteiger partial charge on any atom is 0.326 e. The van der Waals surface area contributed by atoms with E-state index in [0.29, 0.717) is 11.1 Å². The number of thiol groups is 1. The van der Waals surface area contributed by atoms with Crippen LogP contribution in [0.1, 0.15) is 30.9 Å². The molecule has 0 saturated carbocycles. The number of phenols is 1. The number of benzene rings is 2. The average molecular weight is 700 g/mol. The number of hydrogen-bond donors (Lipinski definition) is 11. The lowest BCUT2D eigenvalue weighted by atomic mass is 10.0. The van der Waals surface area contributed by atoms with Crippen LogP contribution in [0.5, 0.6) is 5.75 Å². The van der Waals surface area contributed by atoms with Gasteiger partial charge in [-0.25, -0.2) is 4.79 Å². The summed E-state index contributed by atoms with van der Waals surface area (Å²) in [7, 11) is 0. The Kier molecular flexibility index (Phi) is 14.0. The number of aromatic hydroxyl groups is 1. The minimum absolute atomic E-state index is 0.0227. The fraction of sp³-hybridized carbons (Fsp3) is 0.375. The first-order valence-electron chi connectivity index (χ1n) is 15.3. The molecule has 0 saturated heterocycles. The zero-order chi connectivity index (χ0) is 36.2. The van der Waals surface area contributed by atoms with Crippen LogP contribution in [-0.4, -0.2) is 97.9 Å². The molecule has 5 amide bonds. The number of fused-ring (bicyclic) bond motifs is 1. The van der Waals surface area contributed by atoms with E-state index in [1.54, 1.807) is 12.3 Å². The van der Waals surface area contributed by atoms with Crippen molar-refractivity contribution in [2.24, 2.45) is 11.5 Å². The number of para-hydroxylation sites is 1. The number of nitrogens with one attached hydrogen (secondary N) is 5. The van der Waals surface area contributed by atoms with Gasteiger partial charge < -0.3 is 53.0 Å². The summed E-state index contributed by atoms with van der Waals surface area (Å²) >= 11 is 4.13. The number of aliphatic carboxylic acids is 1. The Morgan fingerprint density at radius 3 is 2.00 bits per heavy atom. The molecule has 0 aliphatic rings. The first kappa shape index (κ1) is 38.3. The van der Waals surface area contributed by atoms with Gasteiger partial charge in [-0.2, -0.15) is 12.6 Å². The first-order chi connectivity index (χ1) is 23.2. The number of amides is 5. The molecule has 2 aromatic carbocycles. The number of carboxylic acid groups (broad SMARTS) is 1. The van der Waals surface area contributed by atoms with Crippen LogP contribution < -0.4 is 32.7 Å². The topological polar surface area (TPSA) is 279 Å². The van der Waals surface area contributed by atoms with E-state index in [2.05, 4.69) is 38.9 Å². The summed E-state index contributed by atoms with van der Waals surface area (Å²) in [6.07, 6.45) is -0.391. The Morgan fingerprint density at radius 1 is 0.816 bits per heavy atom. The summed E-state index contributed by atoms with van der Waals surface area (Å²) in [5, 5.41) is 39.6. The summed E-state index contributed by atoms with van der Waals surface area (Å²) < 4.78 is 0. The molecule has 12 N–H and O–H groups in total. The number of aromatic nitrogens is 1. The first-order valence-corrected chi connectivity index (χ1v) is 15.9. The molecule has 3 rings (SSSR count). The number of phenolic OH excluding ortho intramolecular Hbond substituents is 1. The number of carbonyl (C=O) groups excluding carboxylic acids is 5. The number of aliphatic hydroxyl groups is 1. The van der Waals surface area contributed by atoms with Crippen molar-refractivity contribution in [2.45, 2.75) is 68.9 Å². The predicted molar refractivity (Wildman–Crippen MR) is 181 cm³/mol. The lowest BCUT2D eigenvalue weighted by Crippen LogP contribution is -2.60. The molecule has 0 fully saturated rings. The molecule has 3 aromatic rings. The van der Waals surface area contributed by atoms with E-state index >= 15 is 0 Å². The van der Waals surface area contributed by atoms with Crippen LogP contribution in [0, 0.1) is 0 Å². The van der Waals surface area contributed by atoms with E-state index in [4.69, 9.17) is 11.5 Å². The molecule has 16 nitrogen and oxygen atoms in total. The van der Waals surface area contributed by atoms with Gasteiger partial charge in [0.1, 0.15) is 36.0 Å². The van der Waals surface area contributed by atoms with Crippen LogP contribution in [0.25, 0.3) is 10.9 Å². The van der Waals surface area contributed by atoms with Crippen molar-refractivity contribution < 1.29 is 44.1 Å². The monoisotopic (exact) mass is 699 g/mol. The molecule has 0 bridgehead atoms. The van der Waals surface area contributed by atoms with Gasteiger partial charge in [0, 0.05) is 42.1 Å². The van der Waals surface area contributed by atoms with Gasteiger partial charge in [-0.1, -0.05) is 30.3 Å². The minimum Gasteiger partial charge on any atom is -0.508 e. The zero-order valence-corrected chi connectivity index (χ0v) is 27.5.